The first-order valence-electron chi connectivity index (χ1n) is 2.78. The Morgan fingerprint density at radius 2 is 2.00 bits per heavy atom. The van der Waals surface area contributed by atoms with Gasteiger partial charge in [-0.15, -0.1) is 0 Å². The van der Waals surface area contributed by atoms with E-state index in [0.717, 1.165) is 6.26 Å². The zero-order chi connectivity index (χ0) is 9.07. The summed E-state index contributed by atoms with van der Waals surface area (Å²) in [4.78, 5) is -0.319. The van der Waals surface area contributed by atoms with Crippen LogP contribution in [-0.2, 0) is 14.6 Å². The van der Waals surface area contributed by atoms with Gasteiger partial charge in [0.15, 0.2) is 14.7 Å². The second-order valence-corrected chi connectivity index (χ2v) is 3.93. The first kappa shape index (κ1) is 9.98. The summed E-state index contributed by atoms with van der Waals surface area (Å²) in [6.07, 6.45) is 0.966. The molecule has 0 aromatic heterocycles. The molecule has 0 aliphatic carbocycles. The van der Waals surface area contributed by atoms with Crippen molar-refractivity contribution < 1.29 is 13.2 Å². The van der Waals surface area contributed by atoms with Gasteiger partial charge < -0.3 is 4.74 Å². The van der Waals surface area contributed by atoms with Gasteiger partial charge in [-0.2, -0.15) is 5.26 Å². The minimum atomic E-state index is -3.43. The highest BCUT2D eigenvalue weighted by Gasteiger charge is 2.14. The first-order chi connectivity index (χ1) is 4.93. The third kappa shape index (κ3) is 2.60. The molecule has 0 amide bonds. The van der Waals surface area contributed by atoms with E-state index >= 15 is 0 Å². The van der Waals surface area contributed by atoms with Crippen molar-refractivity contribution in [2.24, 2.45) is 0 Å². The third-order valence-electron chi connectivity index (χ3n) is 1.10. The molecule has 0 aliphatic rings. The van der Waals surface area contributed by atoms with Gasteiger partial charge in [0.1, 0.15) is 11.8 Å². The summed E-state index contributed by atoms with van der Waals surface area (Å²) >= 11 is 0. The molecule has 4 nitrogen and oxygen atoms in total. The van der Waals surface area contributed by atoms with E-state index in [0.29, 0.717) is 0 Å². The van der Waals surface area contributed by atoms with Crippen LogP contribution in [0.5, 0.6) is 0 Å². The van der Waals surface area contributed by atoms with E-state index in [9.17, 15) is 8.42 Å². The zero-order valence-electron chi connectivity index (χ0n) is 6.58. The van der Waals surface area contributed by atoms with Crippen molar-refractivity contribution in [3.05, 3.63) is 10.7 Å². The highest BCUT2D eigenvalue weighted by Crippen LogP contribution is 2.09. The summed E-state index contributed by atoms with van der Waals surface area (Å²) in [5.41, 5.74) is 0. The lowest BCUT2D eigenvalue weighted by Gasteiger charge is -2.00. The van der Waals surface area contributed by atoms with Crippen LogP contribution in [0.15, 0.2) is 10.7 Å². The van der Waals surface area contributed by atoms with Crippen molar-refractivity contribution in [3.8, 4) is 6.07 Å². The Balaban J connectivity index is 5.21. The zero-order valence-corrected chi connectivity index (χ0v) is 7.40. The molecule has 0 spiro atoms. The van der Waals surface area contributed by atoms with Crippen LogP contribution in [0.25, 0.3) is 0 Å². The molecule has 5 heteroatoms. The molecular weight excluding hydrogens is 166 g/mol. The van der Waals surface area contributed by atoms with E-state index < -0.39 is 9.84 Å². The maximum Gasteiger partial charge on any atom is 0.188 e. The van der Waals surface area contributed by atoms with E-state index in [2.05, 4.69) is 4.74 Å². The van der Waals surface area contributed by atoms with E-state index in [1.807, 2.05) is 0 Å². The summed E-state index contributed by atoms with van der Waals surface area (Å²) < 4.78 is 26.2. The van der Waals surface area contributed by atoms with Gasteiger partial charge in [0.05, 0.1) is 7.11 Å². The SMILES string of the molecule is CO/C(C)=C(/C#N)S(C)(=O)=O. The van der Waals surface area contributed by atoms with E-state index in [-0.39, 0.29) is 10.7 Å². The summed E-state index contributed by atoms with van der Waals surface area (Å²) in [5.74, 6) is 0.120. The highest BCUT2D eigenvalue weighted by atomic mass is 32.2. The third-order valence-corrected chi connectivity index (χ3v) is 2.22. The minimum absolute atomic E-state index is 0.120. The number of nitriles is 1. The van der Waals surface area contributed by atoms with Crippen molar-refractivity contribution in [1.82, 2.24) is 0 Å². The van der Waals surface area contributed by atoms with Crippen LogP contribution in [0.3, 0.4) is 0 Å². The molecule has 0 aliphatic heterocycles. The monoisotopic (exact) mass is 175 g/mol. The average Bonchev–Trinajstić information content (AvgIpc) is 1.86. The topological polar surface area (TPSA) is 67.2 Å². The van der Waals surface area contributed by atoms with Crippen LogP contribution in [-0.4, -0.2) is 21.8 Å². The largest absolute Gasteiger partial charge is 0.499 e. The average molecular weight is 175 g/mol. The molecule has 0 unspecified atom stereocenters. The van der Waals surface area contributed by atoms with Crippen LogP contribution in [0.1, 0.15) is 6.92 Å². The molecule has 0 saturated heterocycles. The molecule has 0 bridgehead atoms. The maximum absolute atomic E-state index is 10.8. The fraction of sp³-hybridized carbons (Fsp3) is 0.500. The number of methoxy groups -OCH3 is 1. The van der Waals surface area contributed by atoms with Gasteiger partial charge in [0.2, 0.25) is 0 Å². The molecule has 0 N–H and O–H groups in total. The second kappa shape index (κ2) is 3.39. The summed E-state index contributed by atoms with van der Waals surface area (Å²) in [5, 5.41) is 8.40. The lowest BCUT2D eigenvalue weighted by Crippen LogP contribution is -2.02. The second-order valence-electron chi connectivity index (χ2n) is 1.97. The van der Waals surface area contributed by atoms with Crippen LogP contribution in [0, 0.1) is 11.3 Å². The number of allylic oxidation sites excluding steroid dienone is 2. The van der Waals surface area contributed by atoms with Gasteiger partial charge >= 0.3 is 0 Å². The van der Waals surface area contributed by atoms with Crippen molar-refractivity contribution in [1.29, 1.82) is 5.26 Å². The molecular formula is C6H9NO3S. The van der Waals surface area contributed by atoms with Crippen LogP contribution >= 0.6 is 0 Å². The lowest BCUT2D eigenvalue weighted by atomic mass is 10.5. The molecule has 0 atom stereocenters. The summed E-state index contributed by atoms with van der Waals surface area (Å²) in [7, 11) is -2.12. The van der Waals surface area contributed by atoms with E-state index in [4.69, 9.17) is 5.26 Å². The molecule has 0 aromatic rings. The smallest absolute Gasteiger partial charge is 0.188 e. The maximum atomic E-state index is 10.8. The Bertz CT molecular complexity index is 307. The molecule has 0 fully saturated rings. The Hall–Kier alpha value is -1.02. The van der Waals surface area contributed by atoms with Gasteiger partial charge in [0.25, 0.3) is 0 Å². The Morgan fingerprint density at radius 3 is 2.09 bits per heavy atom. The molecule has 0 aromatic carbocycles. The minimum Gasteiger partial charge on any atom is -0.499 e. The Morgan fingerprint density at radius 1 is 1.55 bits per heavy atom. The van der Waals surface area contributed by atoms with Gasteiger partial charge in [-0.25, -0.2) is 8.42 Å². The fourth-order valence-electron chi connectivity index (χ4n) is 0.515. The number of sulfone groups is 1. The summed E-state index contributed by atoms with van der Waals surface area (Å²) in [6.45, 7) is 1.43. The number of ether oxygens (including phenoxy) is 1. The van der Waals surface area contributed by atoms with E-state index in [1.54, 1.807) is 6.07 Å². The predicted molar refractivity (Wildman–Crippen MR) is 40.2 cm³/mol. The molecule has 0 heterocycles. The first-order valence-corrected chi connectivity index (χ1v) is 4.67. The lowest BCUT2D eigenvalue weighted by molar-refractivity contribution is 0.292. The molecule has 62 valence electrons. The van der Waals surface area contributed by atoms with Crippen LogP contribution in [0.4, 0.5) is 0 Å². The Labute approximate surface area is 66.0 Å². The molecule has 0 saturated carbocycles. The van der Waals surface area contributed by atoms with Gasteiger partial charge in [-0.05, 0) is 6.92 Å². The van der Waals surface area contributed by atoms with Crippen molar-refractivity contribution >= 4 is 9.84 Å². The van der Waals surface area contributed by atoms with E-state index in [1.165, 1.54) is 14.0 Å². The van der Waals surface area contributed by atoms with Crippen molar-refractivity contribution in [3.63, 3.8) is 0 Å². The highest BCUT2D eigenvalue weighted by molar-refractivity contribution is 7.94. The van der Waals surface area contributed by atoms with Gasteiger partial charge in [-0.1, -0.05) is 0 Å². The fourth-order valence-corrected chi connectivity index (χ4v) is 1.29. The number of hydrogen-bond acceptors (Lipinski definition) is 4. The Kier molecular flexibility index (Phi) is 3.08. The number of rotatable bonds is 2. The predicted octanol–water partition coefficient (Wildman–Crippen LogP) is 0.432. The van der Waals surface area contributed by atoms with Gasteiger partial charge in [0, 0.05) is 6.26 Å². The normalized spacial score (nSPS) is 13.3. The number of hydrogen-bond donors (Lipinski definition) is 0. The van der Waals surface area contributed by atoms with Gasteiger partial charge in [-0.3, -0.25) is 0 Å². The number of nitrogens with zero attached hydrogens (tertiary/aromatic N) is 1. The summed E-state index contributed by atoms with van der Waals surface area (Å²) in [6, 6.07) is 1.56. The van der Waals surface area contributed by atoms with Crippen molar-refractivity contribution in [2.75, 3.05) is 13.4 Å². The van der Waals surface area contributed by atoms with Crippen molar-refractivity contribution in [2.45, 2.75) is 6.92 Å². The van der Waals surface area contributed by atoms with Crippen LogP contribution < -0.4 is 0 Å². The molecule has 0 rings (SSSR count). The standard InChI is InChI=1S/C6H9NO3S/c1-5(10-2)6(4-7)11(3,8)9/h1-3H3/b6-5-. The molecule has 11 heavy (non-hydrogen) atoms. The van der Waals surface area contributed by atoms with Crippen LogP contribution in [0.2, 0.25) is 0 Å². The quantitative estimate of drug-likeness (QED) is 0.451. The molecule has 0 radical (unpaired) electrons.